The van der Waals surface area contributed by atoms with Gasteiger partial charge in [0.2, 0.25) is 0 Å². The largest absolute Gasteiger partial charge is 0.348 e. The van der Waals surface area contributed by atoms with Crippen LogP contribution in [-0.2, 0) is 0 Å². The zero-order valence-corrected chi connectivity index (χ0v) is 13.7. The molecule has 2 heterocycles. The number of halogens is 1. The number of piperidine rings is 1. The maximum absolute atomic E-state index is 12.5. The highest BCUT2D eigenvalue weighted by molar-refractivity contribution is 6.30. The minimum atomic E-state index is -0.234. The van der Waals surface area contributed by atoms with Gasteiger partial charge in [-0.25, -0.2) is 4.98 Å². The minimum absolute atomic E-state index is 0.0305. The van der Waals surface area contributed by atoms with Crippen molar-refractivity contribution in [1.29, 1.82) is 0 Å². The molecule has 0 saturated carbocycles. The Bertz CT molecular complexity index is 730. The van der Waals surface area contributed by atoms with Crippen molar-refractivity contribution in [3.05, 3.63) is 59.1 Å². The first-order chi connectivity index (χ1) is 11.6. The van der Waals surface area contributed by atoms with Gasteiger partial charge in [-0.15, -0.1) is 0 Å². The van der Waals surface area contributed by atoms with E-state index in [1.165, 1.54) is 18.6 Å². The summed E-state index contributed by atoms with van der Waals surface area (Å²) in [4.78, 5) is 34.2. The molecule has 1 fully saturated rings. The lowest BCUT2D eigenvalue weighted by atomic mass is 10.0. The SMILES string of the molecule is O=C(NC1CCN(C(=O)c2cccc(Cl)c2)CC1)c1cnccn1. The fourth-order valence-electron chi connectivity index (χ4n) is 2.71. The summed E-state index contributed by atoms with van der Waals surface area (Å²) in [5, 5.41) is 3.49. The molecule has 3 rings (SSSR count). The van der Waals surface area contributed by atoms with Gasteiger partial charge >= 0.3 is 0 Å². The number of likely N-dealkylation sites (tertiary alicyclic amines) is 1. The average Bonchev–Trinajstić information content (AvgIpc) is 2.62. The number of amides is 2. The van der Waals surface area contributed by atoms with Crippen LogP contribution in [0.2, 0.25) is 5.02 Å². The summed E-state index contributed by atoms with van der Waals surface area (Å²) in [5.74, 6) is -0.265. The second-order valence-corrected chi connectivity index (χ2v) is 6.08. The van der Waals surface area contributed by atoms with E-state index in [1.807, 2.05) is 0 Å². The van der Waals surface area contributed by atoms with Crippen molar-refractivity contribution in [2.24, 2.45) is 0 Å². The maximum Gasteiger partial charge on any atom is 0.271 e. The monoisotopic (exact) mass is 344 g/mol. The van der Waals surface area contributed by atoms with Crippen molar-refractivity contribution in [2.75, 3.05) is 13.1 Å². The molecule has 6 nitrogen and oxygen atoms in total. The van der Waals surface area contributed by atoms with E-state index < -0.39 is 0 Å². The number of aromatic nitrogens is 2. The Hall–Kier alpha value is -2.47. The van der Waals surface area contributed by atoms with Gasteiger partial charge in [-0.3, -0.25) is 14.6 Å². The Morgan fingerprint density at radius 3 is 2.67 bits per heavy atom. The number of benzene rings is 1. The van der Waals surface area contributed by atoms with Gasteiger partial charge in [-0.1, -0.05) is 17.7 Å². The highest BCUT2D eigenvalue weighted by Gasteiger charge is 2.25. The van der Waals surface area contributed by atoms with Gasteiger partial charge in [0.15, 0.2) is 0 Å². The van der Waals surface area contributed by atoms with Crippen molar-refractivity contribution in [2.45, 2.75) is 18.9 Å². The predicted molar refractivity (Wildman–Crippen MR) is 89.9 cm³/mol. The zero-order chi connectivity index (χ0) is 16.9. The molecule has 0 radical (unpaired) electrons. The first-order valence-electron chi connectivity index (χ1n) is 7.75. The van der Waals surface area contributed by atoms with Crippen LogP contribution >= 0.6 is 11.6 Å². The quantitative estimate of drug-likeness (QED) is 0.925. The summed E-state index contributed by atoms with van der Waals surface area (Å²) in [6.45, 7) is 1.19. The van der Waals surface area contributed by atoms with Crippen LogP contribution in [0.25, 0.3) is 0 Å². The molecule has 1 aromatic carbocycles. The van der Waals surface area contributed by atoms with Crippen molar-refractivity contribution >= 4 is 23.4 Å². The Labute approximate surface area is 144 Å². The standard InChI is InChI=1S/C17H17ClN4O2/c18-13-3-1-2-12(10-13)17(24)22-8-4-14(5-9-22)21-16(23)15-11-19-6-7-20-15/h1-3,6-7,10-11,14H,4-5,8-9H2,(H,21,23). The highest BCUT2D eigenvalue weighted by Crippen LogP contribution is 2.17. The zero-order valence-electron chi connectivity index (χ0n) is 13.0. The fraction of sp³-hybridized carbons (Fsp3) is 0.294. The topological polar surface area (TPSA) is 75.2 Å². The smallest absolute Gasteiger partial charge is 0.271 e. The number of carbonyl (C=O) groups is 2. The molecule has 1 aromatic heterocycles. The van der Waals surface area contributed by atoms with Gasteiger partial charge in [0.25, 0.3) is 11.8 Å². The van der Waals surface area contributed by atoms with Crippen LogP contribution in [0.1, 0.15) is 33.7 Å². The molecule has 24 heavy (non-hydrogen) atoms. The van der Waals surface area contributed by atoms with E-state index in [9.17, 15) is 9.59 Å². The third-order valence-corrected chi connectivity index (χ3v) is 4.22. The van der Waals surface area contributed by atoms with Crippen LogP contribution in [0, 0.1) is 0 Å². The normalized spacial score (nSPS) is 15.1. The van der Waals surface area contributed by atoms with E-state index in [0.29, 0.717) is 42.2 Å². The van der Waals surface area contributed by atoms with Crippen LogP contribution < -0.4 is 5.32 Å². The van der Waals surface area contributed by atoms with Crippen LogP contribution in [0.4, 0.5) is 0 Å². The van der Waals surface area contributed by atoms with Gasteiger partial charge in [0.05, 0.1) is 6.20 Å². The molecule has 7 heteroatoms. The summed E-state index contributed by atoms with van der Waals surface area (Å²) < 4.78 is 0. The van der Waals surface area contributed by atoms with E-state index in [4.69, 9.17) is 11.6 Å². The van der Waals surface area contributed by atoms with Crippen molar-refractivity contribution in [1.82, 2.24) is 20.2 Å². The van der Waals surface area contributed by atoms with Gasteiger partial charge in [-0.05, 0) is 31.0 Å². The van der Waals surface area contributed by atoms with E-state index in [0.717, 1.165) is 0 Å². The number of hydrogen-bond donors (Lipinski definition) is 1. The van der Waals surface area contributed by atoms with E-state index in [-0.39, 0.29) is 17.9 Å². The fourth-order valence-corrected chi connectivity index (χ4v) is 2.90. The average molecular weight is 345 g/mol. The molecule has 0 bridgehead atoms. The summed E-state index contributed by atoms with van der Waals surface area (Å²) in [6, 6.07) is 6.97. The van der Waals surface area contributed by atoms with E-state index in [1.54, 1.807) is 29.2 Å². The number of nitrogens with one attached hydrogen (secondary N) is 1. The van der Waals surface area contributed by atoms with Gasteiger partial charge in [-0.2, -0.15) is 0 Å². The first kappa shape index (κ1) is 16.4. The highest BCUT2D eigenvalue weighted by atomic mass is 35.5. The first-order valence-corrected chi connectivity index (χ1v) is 8.13. The van der Waals surface area contributed by atoms with E-state index >= 15 is 0 Å². The molecule has 0 spiro atoms. The third kappa shape index (κ3) is 3.89. The Balaban J connectivity index is 1.54. The molecule has 1 aliphatic rings. The molecular formula is C17H17ClN4O2. The molecule has 2 amide bonds. The lowest BCUT2D eigenvalue weighted by Gasteiger charge is -2.32. The van der Waals surface area contributed by atoms with Crippen molar-refractivity contribution < 1.29 is 9.59 Å². The Morgan fingerprint density at radius 1 is 1.21 bits per heavy atom. The summed E-state index contributed by atoms with van der Waals surface area (Å²) in [6.07, 6.45) is 5.86. The summed E-state index contributed by atoms with van der Waals surface area (Å²) in [7, 11) is 0. The van der Waals surface area contributed by atoms with Crippen LogP contribution in [-0.4, -0.2) is 45.8 Å². The van der Waals surface area contributed by atoms with E-state index in [2.05, 4.69) is 15.3 Å². The predicted octanol–water partition coefficient (Wildman–Crippen LogP) is 2.16. The molecule has 2 aromatic rings. The number of carbonyl (C=O) groups excluding carboxylic acids is 2. The molecule has 0 unspecified atom stereocenters. The van der Waals surface area contributed by atoms with Gasteiger partial charge in [0.1, 0.15) is 5.69 Å². The van der Waals surface area contributed by atoms with Crippen molar-refractivity contribution in [3.63, 3.8) is 0 Å². The summed E-state index contributed by atoms with van der Waals surface area (Å²) in [5.41, 5.74) is 0.888. The lowest BCUT2D eigenvalue weighted by molar-refractivity contribution is 0.0697. The molecule has 1 aliphatic heterocycles. The number of rotatable bonds is 3. The number of nitrogens with zero attached hydrogens (tertiary/aromatic N) is 3. The second-order valence-electron chi connectivity index (χ2n) is 5.64. The molecule has 0 atom stereocenters. The van der Waals surface area contributed by atoms with Gasteiger partial charge in [0, 0.05) is 42.1 Å². The molecular weight excluding hydrogens is 328 g/mol. The van der Waals surface area contributed by atoms with Crippen molar-refractivity contribution in [3.8, 4) is 0 Å². The minimum Gasteiger partial charge on any atom is -0.348 e. The molecule has 0 aliphatic carbocycles. The van der Waals surface area contributed by atoms with Crippen LogP contribution in [0.5, 0.6) is 0 Å². The second kappa shape index (κ2) is 7.40. The molecule has 124 valence electrons. The molecule has 1 saturated heterocycles. The third-order valence-electron chi connectivity index (χ3n) is 3.98. The van der Waals surface area contributed by atoms with Gasteiger partial charge < -0.3 is 10.2 Å². The van der Waals surface area contributed by atoms with Crippen LogP contribution in [0.15, 0.2) is 42.9 Å². The molecule has 1 N–H and O–H groups in total. The maximum atomic E-state index is 12.5. The Kier molecular flexibility index (Phi) is 5.05. The lowest BCUT2D eigenvalue weighted by Crippen LogP contribution is -2.46. The number of hydrogen-bond acceptors (Lipinski definition) is 4. The Morgan fingerprint density at radius 2 is 2.00 bits per heavy atom. The summed E-state index contributed by atoms with van der Waals surface area (Å²) >= 11 is 5.94. The van der Waals surface area contributed by atoms with Crippen LogP contribution in [0.3, 0.4) is 0 Å².